The van der Waals surface area contributed by atoms with Gasteiger partial charge in [-0.05, 0) is 19.3 Å². The summed E-state index contributed by atoms with van der Waals surface area (Å²) in [4.78, 5) is 24.3. The quantitative estimate of drug-likeness (QED) is 0.353. The van der Waals surface area contributed by atoms with E-state index in [0.717, 1.165) is 38.5 Å². The van der Waals surface area contributed by atoms with Crippen LogP contribution >= 0.6 is 11.8 Å². The molecule has 1 rings (SSSR count). The van der Waals surface area contributed by atoms with Crippen molar-refractivity contribution >= 4 is 23.6 Å². The first-order chi connectivity index (χ1) is 12.0. The van der Waals surface area contributed by atoms with Crippen molar-refractivity contribution in [3.63, 3.8) is 0 Å². The number of aliphatic hydroxyl groups excluding tert-OH is 1. The van der Waals surface area contributed by atoms with Crippen molar-refractivity contribution in [2.45, 2.75) is 64.0 Å². The van der Waals surface area contributed by atoms with Gasteiger partial charge in [-0.2, -0.15) is 0 Å². The number of piperidine rings is 1. The molecule has 5 nitrogen and oxygen atoms in total. The van der Waals surface area contributed by atoms with E-state index in [1.807, 2.05) is 12.2 Å². The Kier molecular flexibility index (Phi) is 11.1. The smallest absolute Gasteiger partial charge is 0.313 e. The SMILES string of the molecule is CCCCCC(O)/C=C/[C@H]1CCCC(=O)N1CC#CCSCC(=O)O. The second kappa shape index (κ2) is 12.8. The van der Waals surface area contributed by atoms with E-state index in [9.17, 15) is 14.7 Å². The monoisotopic (exact) mass is 367 g/mol. The summed E-state index contributed by atoms with van der Waals surface area (Å²) >= 11 is 1.25. The number of nitrogens with zero attached hydrogens (tertiary/aromatic N) is 1. The van der Waals surface area contributed by atoms with Crippen LogP contribution in [0.1, 0.15) is 51.9 Å². The first kappa shape index (κ1) is 21.6. The maximum Gasteiger partial charge on any atom is 0.313 e. The number of hydrogen-bond donors (Lipinski definition) is 2. The summed E-state index contributed by atoms with van der Waals surface area (Å²) in [6.45, 7) is 2.49. The number of hydrogen-bond acceptors (Lipinski definition) is 4. The Bertz CT molecular complexity index is 509. The molecule has 140 valence electrons. The molecule has 0 aromatic carbocycles. The lowest BCUT2D eigenvalue weighted by Crippen LogP contribution is -2.42. The minimum absolute atomic E-state index is 0.0111. The minimum Gasteiger partial charge on any atom is -0.481 e. The summed E-state index contributed by atoms with van der Waals surface area (Å²) < 4.78 is 0. The standard InChI is InChI=1S/C19H29NO4S/c1-2-3-4-9-17(21)12-11-16-8-7-10-18(22)20(16)13-5-6-14-25-15-19(23)24/h11-12,16-17,21H,2-4,7-10,13-15H2,1H3,(H,23,24)/b12-11+/t16-,17?/m1/s1. The van der Waals surface area contributed by atoms with Gasteiger partial charge in [0.05, 0.1) is 30.2 Å². The number of aliphatic carboxylic acids is 1. The van der Waals surface area contributed by atoms with Crippen molar-refractivity contribution in [2.24, 2.45) is 0 Å². The number of carbonyl (C=O) groups is 2. The third-order valence-corrected chi connectivity index (χ3v) is 4.84. The van der Waals surface area contributed by atoms with Gasteiger partial charge in [-0.25, -0.2) is 0 Å². The number of amides is 1. The zero-order chi connectivity index (χ0) is 18.5. The molecule has 0 aromatic rings. The van der Waals surface area contributed by atoms with Crippen molar-refractivity contribution in [3.8, 4) is 11.8 Å². The summed E-state index contributed by atoms with van der Waals surface area (Å²) in [5.74, 6) is 5.61. The third-order valence-electron chi connectivity index (χ3n) is 4.04. The van der Waals surface area contributed by atoms with Crippen LogP contribution in [0.15, 0.2) is 12.2 Å². The molecule has 1 aliphatic rings. The van der Waals surface area contributed by atoms with E-state index < -0.39 is 12.1 Å². The van der Waals surface area contributed by atoms with Gasteiger partial charge < -0.3 is 15.1 Å². The van der Waals surface area contributed by atoms with Gasteiger partial charge in [0.25, 0.3) is 0 Å². The Morgan fingerprint density at radius 3 is 2.96 bits per heavy atom. The molecule has 25 heavy (non-hydrogen) atoms. The van der Waals surface area contributed by atoms with E-state index >= 15 is 0 Å². The lowest BCUT2D eigenvalue weighted by atomic mass is 10.00. The fourth-order valence-electron chi connectivity index (χ4n) is 2.69. The molecule has 2 N–H and O–H groups in total. The van der Waals surface area contributed by atoms with Gasteiger partial charge in [0.15, 0.2) is 0 Å². The van der Waals surface area contributed by atoms with E-state index in [4.69, 9.17) is 5.11 Å². The molecular weight excluding hydrogens is 338 g/mol. The Labute approximate surface area is 154 Å². The molecule has 1 fully saturated rings. The molecule has 0 aromatic heterocycles. The Morgan fingerprint density at radius 2 is 2.24 bits per heavy atom. The lowest BCUT2D eigenvalue weighted by molar-refractivity contribution is -0.135. The van der Waals surface area contributed by atoms with Crippen molar-refractivity contribution in [1.29, 1.82) is 0 Å². The normalized spacial score (nSPS) is 18.9. The predicted molar refractivity (Wildman–Crippen MR) is 101 cm³/mol. The highest BCUT2D eigenvalue weighted by molar-refractivity contribution is 8.00. The molecular formula is C19H29NO4S. The van der Waals surface area contributed by atoms with Gasteiger partial charge >= 0.3 is 5.97 Å². The highest BCUT2D eigenvalue weighted by atomic mass is 32.2. The van der Waals surface area contributed by atoms with Gasteiger partial charge in [-0.1, -0.05) is 50.2 Å². The molecule has 2 atom stereocenters. The van der Waals surface area contributed by atoms with Crippen LogP contribution in [0.3, 0.4) is 0 Å². The number of carboxylic acid groups (broad SMARTS) is 1. The zero-order valence-corrected chi connectivity index (χ0v) is 15.8. The van der Waals surface area contributed by atoms with Crippen molar-refractivity contribution in [3.05, 3.63) is 12.2 Å². The van der Waals surface area contributed by atoms with E-state index in [2.05, 4.69) is 18.8 Å². The van der Waals surface area contributed by atoms with Crippen LogP contribution in [0, 0.1) is 11.8 Å². The molecule has 0 spiro atoms. The maximum atomic E-state index is 12.1. The topological polar surface area (TPSA) is 77.8 Å². The maximum absolute atomic E-state index is 12.1. The summed E-state index contributed by atoms with van der Waals surface area (Å²) in [6.07, 6.45) is 9.59. The van der Waals surface area contributed by atoms with E-state index in [-0.39, 0.29) is 17.7 Å². The van der Waals surface area contributed by atoms with Crippen LogP contribution < -0.4 is 0 Å². The Morgan fingerprint density at radius 1 is 1.44 bits per heavy atom. The number of unbranched alkanes of at least 4 members (excludes halogenated alkanes) is 2. The van der Waals surface area contributed by atoms with Gasteiger partial charge in [0, 0.05) is 6.42 Å². The average molecular weight is 368 g/mol. The molecule has 1 aliphatic heterocycles. The summed E-state index contributed by atoms with van der Waals surface area (Å²) in [5, 5.41) is 18.6. The van der Waals surface area contributed by atoms with Gasteiger partial charge in [0.2, 0.25) is 5.91 Å². The zero-order valence-electron chi connectivity index (χ0n) is 14.9. The van der Waals surface area contributed by atoms with E-state index in [1.165, 1.54) is 11.8 Å². The predicted octanol–water partition coefficient (Wildman–Crippen LogP) is 2.69. The van der Waals surface area contributed by atoms with Crippen LogP contribution in [-0.4, -0.2) is 57.2 Å². The van der Waals surface area contributed by atoms with Crippen LogP contribution in [0.25, 0.3) is 0 Å². The van der Waals surface area contributed by atoms with Gasteiger partial charge in [0.1, 0.15) is 0 Å². The number of thioether (sulfide) groups is 1. The van der Waals surface area contributed by atoms with Crippen LogP contribution in [0.2, 0.25) is 0 Å². The number of aliphatic hydroxyl groups is 1. The largest absolute Gasteiger partial charge is 0.481 e. The molecule has 1 saturated heterocycles. The second-order valence-electron chi connectivity index (χ2n) is 6.17. The number of rotatable bonds is 10. The third kappa shape index (κ3) is 9.57. The molecule has 1 unspecified atom stereocenters. The molecule has 6 heteroatoms. The highest BCUT2D eigenvalue weighted by Gasteiger charge is 2.25. The molecule has 1 amide bonds. The van der Waals surface area contributed by atoms with Crippen molar-refractivity contribution in [2.75, 3.05) is 18.1 Å². The van der Waals surface area contributed by atoms with Crippen molar-refractivity contribution < 1.29 is 19.8 Å². The minimum atomic E-state index is -0.847. The number of carboxylic acids is 1. The summed E-state index contributed by atoms with van der Waals surface area (Å²) in [5.41, 5.74) is 0. The molecule has 1 heterocycles. The summed E-state index contributed by atoms with van der Waals surface area (Å²) in [7, 11) is 0. The first-order valence-corrected chi connectivity index (χ1v) is 10.1. The number of carbonyl (C=O) groups excluding carboxylic acids is 1. The lowest BCUT2D eigenvalue weighted by Gasteiger charge is -2.32. The van der Waals surface area contributed by atoms with Crippen LogP contribution in [0.5, 0.6) is 0 Å². The molecule has 0 aliphatic carbocycles. The fraction of sp³-hybridized carbons (Fsp3) is 0.684. The summed E-state index contributed by atoms with van der Waals surface area (Å²) in [6, 6.07) is -0.0111. The fourth-order valence-corrected chi connectivity index (χ4v) is 3.17. The molecule has 0 saturated carbocycles. The van der Waals surface area contributed by atoms with Crippen LogP contribution in [-0.2, 0) is 9.59 Å². The number of likely N-dealkylation sites (tertiary alicyclic amines) is 1. The highest BCUT2D eigenvalue weighted by Crippen LogP contribution is 2.19. The first-order valence-electron chi connectivity index (χ1n) is 8.95. The van der Waals surface area contributed by atoms with Crippen molar-refractivity contribution in [1.82, 2.24) is 4.90 Å². The van der Waals surface area contributed by atoms with Crippen LogP contribution in [0.4, 0.5) is 0 Å². The van der Waals surface area contributed by atoms with E-state index in [0.29, 0.717) is 18.7 Å². The van der Waals surface area contributed by atoms with Gasteiger partial charge in [-0.3, -0.25) is 9.59 Å². The molecule has 0 bridgehead atoms. The van der Waals surface area contributed by atoms with Gasteiger partial charge in [-0.15, -0.1) is 11.8 Å². The average Bonchev–Trinajstić information content (AvgIpc) is 2.57. The van der Waals surface area contributed by atoms with E-state index in [1.54, 1.807) is 4.90 Å². The Balaban J connectivity index is 2.48. The second-order valence-corrected chi connectivity index (χ2v) is 7.15. The Hall–Kier alpha value is -1.45. The molecule has 0 radical (unpaired) electrons.